The summed E-state index contributed by atoms with van der Waals surface area (Å²) < 4.78 is 23.5. The number of rotatable bonds is 7. The summed E-state index contributed by atoms with van der Waals surface area (Å²) in [5, 5.41) is 5.19. The summed E-state index contributed by atoms with van der Waals surface area (Å²) >= 11 is 0. The number of hydrogen-bond donors (Lipinski definition) is 2. The van der Waals surface area contributed by atoms with Crippen molar-refractivity contribution in [3.05, 3.63) is 53.8 Å². The van der Waals surface area contributed by atoms with Crippen LogP contribution in [0.15, 0.2) is 42.5 Å². The zero-order valence-corrected chi connectivity index (χ0v) is 16.8. The first-order valence-corrected chi connectivity index (χ1v) is 9.16. The van der Waals surface area contributed by atoms with Crippen molar-refractivity contribution in [3.63, 3.8) is 0 Å². The first-order valence-electron chi connectivity index (χ1n) is 9.16. The lowest BCUT2D eigenvalue weighted by molar-refractivity contribution is -0.133. The lowest BCUT2D eigenvalue weighted by Gasteiger charge is -2.22. The second-order valence-electron chi connectivity index (χ2n) is 7.07. The third-order valence-corrected chi connectivity index (χ3v) is 4.78. The molecule has 0 bridgehead atoms. The van der Waals surface area contributed by atoms with Crippen molar-refractivity contribution in [2.45, 2.75) is 18.9 Å². The fraction of sp³-hybridized carbons (Fsp3) is 0.286. The molecule has 1 saturated heterocycles. The van der Waals surface area contributed by atoms with Gasteiger partial charge in [-0.1, -0.05) is 6.07 Å². The van der Waals surface area contributed by atoms with Gasteiger partial charge in [-0.3, -0.25) is 14.5 Å². The quantitative estimate of drug-likeness (QED) is 0.677. The van der Waals surface area contributed by atoms with Crippen molar-refractivity contribution in [1.82, 2.24) is 10.2 Å². The molecule has 0 radical (unpaired) electrons. The number of carbonyl (C=O) groups excluding carboxylic acids is 3. The average molecular weight is 415 g/mol. The van der Waals surface area contributed by atoms with Gasteiger partial charge in [-0.2, -0.15) is 0 Å². The zero-order valence-electron chi connectivity index (χ0n) is 16.8. The molecule has 0 spiro atoms. The average Bonchev–Trinajstić information content (AvgIpc) is 2.92. The monoisotopic (exact) mass is 415 g/mol. The smallest absolute Gasteiger partial charge is 0.325 e. The third kappa shape index (κ3) is 4.35. The number of ether oxygens (including phenoxy) is 2. The third-order valence-electron chi connectivity index (χ3n) is 4.78. The molecule has 1 atom stereocenters. The Balaban J connectivity index is 1.70. The molecule has 158 valence electrons. The second kappa shape index (κ2) is 8.40. The number of methoxy groups -OCH3 is 2. The van der Waals surface area contributed by atoms with Gasteiger partial charge in [0.25, 0.3) is 5.91 Å². The number of carbonyl (C=O) groups is 3. The lowest BCUT2D eigenvalue weighted by atomic mass is 9.92. The van der Waals surface area contributed by atoms with Crippen molar-refractivity contribution >= 4 is 23.5 Å². The highest BCUT2D eigenvalue weighted by Gasteiger charge is 2.48. The molecule has 9 heteroatoms. The molecular formula is C21H22FN3O5. The Morgan fingerprint density at radius 2 is 1.77 bits per heavy atom. The summed E-state index contributed by atoms with van der Waals surface area (Å²) in [5.74, 6) is -0.469. The van der Waals surface area contributed by atoms with Crippen LogP contribution in [0.25, 0.3) is 0 Å². The van der Waals surface area contributed by atoms with Crippen LogP contribution in [0.2, 0.25) is 0 Å². The van der Waals surface area contributed by atoms with Crippen LogP contribution in [0, 0.1) is 5.82 Å². The standard InChI is InChI=1S/C21H22FN3O5/c1-21(11-13-4-9-16(29-2)17(10-13)30-3)19(27)25(20(28)24-21)12-18(26)23-15-7-5-14(22)6-8-15/h4-10H,11-12H2,1-3H3,(H,23,26)(H,24,28). The highest BCUT2D eigenvalue weighted by Crippen LogP contribution is 2.30. The zero-order chi connectivity index (χ0) is 21.9. The van der Waals surface area contributed by atoms with Gasteiger partial charge >= 0.3 is 6.03 Å². The van der Waals surface area contributed by atoms with Crippen molar-refractivity contribution in [2.75, 3.05) is 26.1 Å². The summed E-state index contributed by atoms with van der Waals surface area (Å²) in [6.45, 7) is 1.14. The largest absolute Gasteiger partial charge is 0.493 e. The lowest BCUT2D eigenvalue weighted by Crippen LogP contribution is -2.46. The minimum Gasteiger partial charge on any atom is -0.493 e. The topological polar surface area (TPSA) is 97.0 Å². The van der Waals surface area contributed by atoms with Crippen LogP contribution in [0.5, 0.6) is 11.5 Å². The van der Waals surface area contributed by atoms with Crippen LogP contribution in [0.4, 0.5) is 14.9 Å². The van der Waals surface area contributed by atoms with E-state index in [1.807, 2.05) is 0 Å². The Labute approximate surface area is 173 Å². The van der Waals surface area contributed by atoms with Crippen LogP contribution in [0.3, 0.4) is 0 Å². The van der Waals surface area contributed by atoms with Gasteiger partial charge in [0.15, 0.2) is 11.5 Å². The Morgan fingerprint density at radius 3 is 2.40 bits per heavy atom. The van der Waals surface area contributed by atoms with E-state index in [1.54, 1.807) is 25.1 Å². The SMILES string of the molecule is COc1ccc(CC2(C)NC(=O)N(CC(=O)Nc3ccc(F)cc3)C2=O)cc1OC. The van der Waals surface area contributed by atoms with Gasteiger partial charge < -0.3 is 20.1 Å². The van der Waals surface area contributed by atoms with Gasteiger partial charge in [0.2, 0.25) is 5.91 Å². The molecule has 2 aromatic rings. The Bertz CT molecular complexity index is 979. The number of halogens is 1. The molecule has 1 aliphatic heterocycles. The van der Waals surface area contributed by atoms with E-state index in [0.29, 0.717) is 17.2 Å². The summed E-state index contributed by atoms with van der Waals surface area (Å²) in [6, 6.07) is 9.74. The maximum absolute atomic E-state index is 13.0. The maximum atomic E-state index is 13.0. The van der Waals surface area contributed by atoms with Crippen LogP contribution in [-0.2, 0) is 16.0 Å². The molecule has 2 N–H and O–H groups in total. The summed E-state index contributed by atoms with van der Waals surface area (Å²) in [5.41, 5.74) is -0.102. The normalized spacial score (nSPS) is 18.2. The summed E-state index contributed by atoms with van der Waals surface area (Å²) in [7, 11) is 3.03. The van der Waals surface area contributed by atoms with Crippen molar-refractivity contribution < 1.29 is 28.2 Å². The predicted molar refractivity (Wildman–Crippen MR) is 107 cm³/mol. The molecule has 0 aliphatic carbocycles. The van der Waals surface area contributed by atoms with E-state index in [4.69, 9.17) is 9.47 Å². The van der Waals surface area contributed by atoms with E-state index in [2.05, 4.69) is 10.6 Å². The molecule has 1 heterocycles. The number of imide groups is 1. The van der Waals surface area contributed by atoms with Crippen LogP contribution >= 0.6 is 0 Å². The van der Waals surface area contributed by atoms with Gasteiger partial charge in [-0.05, 0) is 48.9 Å². The number of benzene rings is 2. The fourth-order valence-electron chi connectivity index (χ4n) is 3.29. The molecule has 0 aromatic heterocycles. The highest BCUT2D eigenvalue weighted by atomic mass is 19.1. The first kappa shape index (κ1) is 21.1. The van der Waals surface area contributed by atoms with Gasteiger partial charge in [-0.15, -0.1) is 0 Å². The minimum absolute atomic E-state index is 0.202. The van der Waals surface area contributed by atoms with E-state index in [0.717, 1.165) is 10.5 Å². The highest BCUT2D eigenvalue weighted by molar-refractivity contribution is 6.10. The molecule has 1 aliphatic rings. The molecule has 8 nitrogen and oxygen atoms in total. The van der Waals surface area contributed by atoms with E-state index < -0.39 is 35.7 Å². The number of anilines is 1. The van der Waals surface area contributed by atoms with E-state index in [9.17, 15) is 18.8 Å². The van der Waals surface area contributed by atoms with E-state index in [1.165, 1.54) is 38.5 Å². The number of nitrogens with zero attached hydrogens (tertiary/aromatic N) is 1. The second-order valence-corrected chi connectivity index (χ2v) is 7.07. The number of hydrogen-bond acceptors (Lipinski definition) is 5. The summed E-state index contributed by atoms with van der Waals surface area (Å²) in [4.78, 5) is 38.4. The Morgan fingerprint density at radius 1 is 1.10 bits per heavy atom. The number of amides is 4. The van der Waals surface area contributed by atoms with Crippen LogP contribution in [0.1, 0.15) is 12.5 Å². The molecule has 0 saturated carbocycles. The Kier molecular flexibility index (Phi) is 5.91. The number of urea groups is 1. The van der Waals surface area contributed by atoms with Crippen LogP contribution < -0.4 is 20.1 Å². The van der Waals surface area contributed by atoms with Gasteiger partial charge in [0.1, 0.15) is 17.9 Å². The number of nitrogens with one attached hydrogen (secondary N) is 2. The van der Waals surface area contributed by atoms with Crippen molar-refractivity contribution in [1.29, 1.82) is 0 Å². The molecule has 1 unspecified atom stereocenters. The molecule has 1 fully saturated rings. The molecule has 4 amide bonds. The summed E-state index contributed by atoms with van der Waals surface area (Å²) in [6.07, 6.45) is 0.202. The molecule has 2 aromatic carbocycles. The molecule has 30 heavy (non-hydrogen) atoms. The van der Waals surface area contributed by atoms with Gasteiger partial charge in [0, 0.05) is 12.1 Å². The van der Waals surface area contributed by atoms with E-state index >= 15 is 0 Å². The molecular weight excluding hydrogens is 393 g/mol. The fourth-order valence-corrected chi connectivity index (χ4v) is 3.29. The van der Waals surface area contributed by atoms with Crippen molar-refractivity contribution in [2.24, 2.45) is 0 Å². The van der Waals surface area contributed by atoms with Crippen LogP contribution in [-0.4, -0.2) is 49.0 Å². The van der Waals surface area contributed by atoms with E-state index in [-0.39, 0.29) is 6.42 Å². The predicted octanol–water partition coefficient (Wildman–Crippen LogP) is 2.33. The van der Waals surface area contributed by atoms with Crippen molar-refractivity contribution in [3.8, 4) is 11.5 Å². The molecule has 3 rings (SSSR count). The Hall–Kier alpha value is -3.62. The maximum Gasteiger partial charge on any atom is 0.325 e. The van der Waals surface area contributed by atoms with Gasteiger partial charge in [-0.25, -0.2) is 9.18 Å². The van der Waals surface area contributed by atoms with Gasteiger partial charge in [0.05, 0.1) is 14.2 Å². The first-order chi connectivity index (χ1) is 14.3. The minimum atomic E-state index is -1.22.